The lowest BCUT2D eigenvalue weighted by Gasteiger charge is -2.34. The van der Waals surface area contributed by atoms with Gasteiger partial charge in [0.2, 0.25) is 5.91 Å². The van der Waals surface area contributed by atoms with E-state index in [1.165, 1.54) is 32.1 Å². The Labute approximate surface area is 278 Å². The summed E-state index contributed by atoms with van der Waals surface area (Å²) in [5.74, 6) is -0.505. The van der Waals surface area contributed by atoms with Crippen molar-refractivity contribution in [3.05, 3.63) is 65.8 Å². The first-order chi connectivity index (χ1) is 21.6. The van der Waals surface area contributed by atoms with Crippen LogP contribution in [0, 0.1) is 13.8 Å². The van der Waals surface area contributed by atoms with Gasteiger partial charge in [-0.25, -0.2) is 0 Å². The smallest absolute Gasteiger partial charge is 0.303 e. The molecule has 1 unspecified atom stereocenters. The highest BCUT2D eigenvalue weighted by Crippen LogP contribution is 2.23. The molecular formula is C38H64N2O4S. The molecule has 1 aliphatic rings. The fourth-order valence-electron chi connectivity index (χ4n) is 5.03. The van der Waals surface area contributed by atoms with Crippen LogP contribution in [0.1, 0.15) is 121 Å². The van der Waals surface area contributed by atoms with Gasteiger partial charge in [0.05, 0.1) is 6.04 Å². The number of para-hydroxylation sites is 1. The Morgan fingerprint density at radius 1 is 0.889 bits per heavy atom. The molecule has 0 radical (unpaired) electrons. The minimum atomic E-state index is -0.675. The average molecular weight is 645 g/mol. The predicted molar refractivity (Wildman–Crippen MR) is 196 cm³/mol. The summed E-state index contributed by atoms with van der Waals surface area (Å²) in [4.78, 5) is 25.4. The molecule has 1 aromatic carbocycles. The Hall–Kier alpha value is -2.51. The second-order valence-corrected chi connectivity index (χ2v) is 13.4. The van der Waals surface area contributed by atoms with Gasteiger partial charge in [-0.2, -0.15) is 0 Å². The van der Waals surface area contributed by atoms with E-state index in [0.29, 0.717) is 6.42 Å². The molecule has 1 heterocycles. The number of amides is 1. The molecule has 0 bridgehead atoms. The number of rotatable bonds is 18. The highest BCUT2D eigenvalue weighted by molar-refractivity contribution is 7.83. The maximum Gasteiger partial charge on any atom is 0.303 e. The largest absolute Gasteiger partial charge is 0.481 e. The Morgan fingerprint density at radius 3 is 2.07 bits per heavy atom. The van der Waals surface area contributed by atoms with Crippen LogP contribution in [0.4, 0.5) is 5.69 Å². The number of carbonyl (C=O) groups is 2. The SMILES string of the molecule is CC/C=C\C/C=C\C/C=C\CCCCCCCC(=O)O.CCCCN1CCCCC1C(=O)Nc1c(C)cccc1C.CS(C)=O. The molecule has 0 saturated carbocycles. The third kappa shape index (κ3) is 24.4. The van der Waals surface area contributed by atoms with E-state index in [2.05, 4.69) is 86.5 Å². The molecule has 1 amide bonds. The number of hydrogen-bond donors (Lipinski definition) is 2. The Kier molecular flexibility index (Phi) is 27.3. The number of carboxylic acids is 1. The van der Waals surface area contributed by atoms with Crippen molar-refractivity contribution >= 4 is 28.4 Å². The summed E-state index contributed by atoms with van der Waals surface area (Å²) in [6.07, 6.45) is 32.4. The number of carboxylic acid groups (broad SMARTS) is 1. The van der Waals surface area contributed by atoms with Gasteiger partial charge >= 0.3 is 5.97 Å². The van der Waals surface area contributed by atoms with Crippen LogP contribution in [-0.2, 0) is 20.4 Å². The summed E-state index contributed by atoms with van der Waals surface area (Å²) in [5, 5.41) is 11.7. The Bertz CT molecular complexity index is 1010. The van der Waals surface area contributed by atoms with Gasteiger partial charge in [-0.15, -0.1) is 0 Å². The number of allylic oxidation sites excluding steroid dienone is 6. The normalized spacial score (nSPS) is 15.2. The number of nitrogens with zero attached hydrogens (tertiary/aromatic N) is 1. The molecule has 2 rings (SSSR count). The van der Waals surface area contributed by atoms with Gasteiger partial charge in [0.1, 0.15) is 0 Å². The van der Waals surface area contributed by atoms with E-state index in [9.17, 15) is 13.8 Å². The number of aryl methyl sites for hydroxylation is 2. The summed E-state index contributed by atoms with van der Waals surface area (Å²) in [6, 6.07) is 6.19. The van der Waals surface area contributed by atoms with E-state index in [1.54, 1.807) is 12.5 Å². The maximum absolute atomic E-state index is 12.7. The van der Waals surface area contributed by atoms with Gasteiger partial charge < -0.3 is 10.4 Å². The molecule has 256 valence electrons. The Balaban J connectivity index is 0.000000770. The molecule has 2 N–H and O–H groups in total. The quantitative estimate of drug-likeness (QED) is 0.123. The third-order valence-electron chi connectivity index (χ3n) is 7.49. The van der Waals surface area contributed by atoms with Crippen molar-refractivity contribution in [3.8, 4) is 0 Å². The first kappa shape index (κ1) is 42.5. The van der Waals surface area contributed by atoms with Crippen molar-refractivity contribution < 1.29 is 18.9 Å². The number of aliphatic carboxylic acids is 1. The van der Waals surface area contributed by atoms with E-state index >= 15 is 0 Å². The molecule has 1 fully saturated rings. The minimum Gasteiger partial charge on any atom is -0.481 e. The molecule has 0 spiro atoms. The molecule has 45 heavy (non-hydrogen) atoms. The minimum absolute atomic E-state index is 0.0457. The topological polar surface area (TPSA) is 86.7 Å². The van der Waals surface area contributed by atoms with Crippen LogP contribution in [0.2, 0.25) is 0 Å². The fourth-order valence-corrected chi connectivity index (χ4v) is 5.03. The summed E-state index contributed by atoms with van der Waals surface area (Å²) in [5.41, 5.74) is 3.27. The van der Waals surface area contributed by atoms with E-state index in [1.807, 2.05) is 6.07 Å². The number of likely N-dealkylation sites (tertiary alicyclic amines) is 1. The number of anilines is 1. The van der Waals surface area contributed by atoms with Crippen molar-refractivity contribution in [1.29, 1.82) is 0 Å². The van der Waals surface area contributed by atoms with Crippen molar-refractivity contribution in [2.75, 3.05) is 30.9 Å². The zero-order valence-corrected chi connectivity index (χ0v) is 30.1. The fraction of sp³-hybridized carbons (Fsp3) is 0.632. The summed E-state index contributed by atoms with van der Waals surface area (Å²) in [7, 11) is -0.611. The standard InChI is InChI=1S/C18H28N2O.C18H30O2.C2H6OS/c1-4-5-12-20-13-7-6-11-16(20)18(21)19-17-14(2)9-8-10-15(17)3;1-2-3-4-5-6-7-8-9-10-11-12-13-14-15-16-17-18(19)20;1-4(2)3/h8-10,16H,4-7,11-13H2,1-3H3,(H,19,21);3-4,6-7,9-10H,2,5,8,11-17H2,1H3,(H,19,20);1-2H3/b;4-3-,7-6-,10-9-;. The van der Waals surface area contributed by atoms with Crippen LogP contribution in [0.3, 0.4) is 0 Å². The number of piperidine rings is 1. The number of nitrogens with one attached hydrogen (secondary N) is 1. The second-order valence-electron chi connectivity index (χ2n) is 11.9. The van der Waals surface area contributed by atoms with Crippen LogP contribution < -0.4 is 5.32 Å². The van der Waals surface area contributed by atoms with Crippen LogP contribution >= 0.6 is 0 Å². The monoisotopic (exact) mass is 644 g/mol. The van der Waals surface area contributed by atoms with Gasteiger partial charge in [0.15, 0.2) is 0 Å². The molecule has 1 aliphatic heterocycles. The summed E-state index contributed by atoms with van der Waals surface area (Å²) in [6.45, 7) is 10.6. The highest BCUT2D eigenvalue weighted by atomic mass is 32.2. The van der Waals surface area contributed by atoms with Crippen LogP contribution in [0.5, 0.6) is 0 Å². The zero-order chi connectivity index (χ0) is 33.7. The molecule has 6 nitrogen and oxygen atoms in total. The number of carbonyl (C=O) groups excluding carboxylic acids is 1. The van der Waals surface area contributed by atoms with Crippen molar-refractivity contribution in [2.45, 2.75) is 130 Å². The number of unbranched alkanes of at least 4 members (excludes halogenated alkanes) is 6. The lowest BCUT2D eigenvalue weighted by atomic mass is 10.00. The maximum atomic E-state index is 12.7. The van der Waals surface area contributed by atoms with Gasteiger partial charge in [-0.05, 0) is 95.9 Å². The predicted octanol–water partition coefficient (Wildman–Crippen LogP) is 9.55. The van der Waals surface area contributed by atoms with Crippen LogP contribution in [0.25, 0.3) is 0 Å². The van der Waals surface area contributed by atoms with E-state index in [0.717, 1.165) is 87.7 Å². The summed E-state index contributed by atoms with van der Waals surface area (Å²) < 4.78 is 9.56. The molecule has 7 heteroatoms. The molecule has 0 aliphatic carbocycles. The zero-order valence-electron chi connectivity index (χ0n) is 29.3. The number of hydrogen-bond acceptors (Lipinski definition) is 4. The molecule has 1 aromatic rings. The molecule has 1 atom stereocenters. The highest BCUT2D eigenvalue weighted by Gasteiger charge is 2.28. The average Bonchev–Trinajstić information content (AvgIpc) is 3.00. The van der Waals surface area contributed by atoms with Gasteiger partial charge in [-0.3, -0.25) is 18.7 Å². The second kappa shape index (κ2) is 28.9. The van der Waals surface area contributed by atoms with Crippen LogP contribution in [-0.4, -0.2) is 57.7 Å². The van der Waals surface area contributed by atoms with Crippen molar-refractivity contribution in [1.82, 2.24) is 4.90 Å². The van der Waals surface area contributed by atoms with E-state index in [4.69, 9.17) is 5.11 Å². The van der Waals surface area contributed by atoms with E-state index < -0.39 is 16.8 Å². The van der Waals surface area contributed by atoms with E-state index in [-0.39, 0.29) is 11.9 Å². The molecular weight excluding hydrogens is 580 g/mol. The number of benzene rings is 1. The first-order valence-corrected chi connectivity index (χ1v) is 19.1. The Morgan fingerprint density at radius 2 is 1.47 bits per heavy atom. The molecule has 0 aromatic heterocycles. The lowest BCUT2D eigenvalue weighted by Crippen LogP contribution is -2.47. The van der Waals surface area contributed by atoms with Gasteiger partial charge in [0, 0.05) is 35.4 Å². The van der Waals surface area contributed by atoms with Gasteiger partial charge in [-0.1, -0.05) is 101 Å². The van der Waals surface area contributed by atoms with Crippen molar-refractivity contribution in [2.24, 2.45) is 0 Å². The summed E-state index contributed by atoms with van der Waals surface area (Å²) >= 11 is 0. The lowest BCUT2D eigenvalue weighted by molar-refractivity contribution is -0.137. The third-order valence-corrected chi connectivity index (χ3v) is 7.49. The first-order valence-electron chi connectivity index (χ1n) is 17.2. The van der Waals surface area contributed by atoms with Gasteiger partial charge in [0.25, 0.3) is 0 Å². The molecule has 1 saturated heterocycles. The van der Waals surface area contributed by atoms with Crippen LogP contribution in [0.15, 0.2) is 54.7 Å². The van der Waals surface area contributed by atoms with Crippen molar-refractivity contribution in [3.63, 3.8) is 0 Å².